The second-order valence-electron chi connectivity index (χ2n) is 2.95. The zero-order chi connectivity index (χ0) is 9.26. The van der Waals surface area contributed by atoms with E-state index < -0.39 is 0 Å². The number of nitrogens with two attached hydrogens (primary N) is 1. The maximum atomic E-state index is 5.56. The number of hydrogen-bond donors (Lipinski definition) is 1. The number of benzene rings is 1. The van der Waals surface area contributed by atoms with E-state index in [1.54, 1.807) is 0 Å². The summed E-state index contributed by atoms with van der Waals surface area (Å²) in [6.07, 6.45) is 0. The van der Waals surface area contributed by atoms with Crippen LogP contribution in [0.2, 0.25) is 0 Å². The fraction of sp³-hybridized carbons (Fsp3) is 0.100. The van der Waals surface area contributed by atoms with Gasteiger partial charge in [0.25, 0.3) is 0 Å². The summed E-state index contributed by atoms with van der Waals surface area (Å²) in [6, 6.07) is 9.40. The van der Waals surface area contributed by atoms with E-state index in [1.807, 2.05) is 37.3 Å². The summed E-state index contributed by atoms with van der Waals surface area (Å²) in [5.41, 5.74) is 8.19. The van der Waals surface area contributed by atoms with Crippen LogP contribution in [0.3, 0.4) is 0 Å². The van der Waals surface area contributed by atoms with Gasteiger partial charge in [-0.15, -0.1) is 0 Å². The lowest BCUT2D eigenvalue weighted by molar-refractivity contribution is 0.427. The van der Waals surface area contributed by atoms with Gasteiger partial charge in [0, 0.05) is 17.3 Å². The first-order valence-corrected chi connectivity index (χ1v) is 4.05. The molecule has 0 aliphatic rings. The quantitative estimate of drug-likeness (QED) is 0.674. The molecular weight excluding hydrogens is 164 g/mol. The molecule has 0 radical (unpaired) electrons. The van der Waals surface area contributed by atoms with Crippen molar-refractivity contribution < 1.29 is 4.52 Å². The molecule has 3 nitrogen and oxygen atoms in total. The second-order valence-corrected chi connectivity index (χ2v) is 2.95. The molecule has 2 N–H and O–H groups in total. The summed E-state index contributed by atoms with van der Waals surface area (Å²) in [5, 5.41) is 3.81. The molecular formula is C10H10N2O. The Bertz CT molecular complexity index is 403. The van der Waals surface area contributed by atoms with Gasteiger partial charge in [0.1, 0.15) is 0 Å². The molecule has 0 bridgehead atoms. The molecule has 0 saturated heterocycles. The van der Waals surface area contributed by atoms with Crippen molar-refractivity contribution in [2.24, 2.45) is 0 Å². The molecule has 0 unspecified atom stereocenters. The molecule has 0 fully saturated rings. The van der Waals surface area contributed by atoms with Crippen LogP contribution in [0.15, 0.2) is 34.9 Å². The molecule has 2 aromatic rings. The number of rotatable bonds is 1. The first-order valence-electron chi connectivity index (χ1n) is 4.05. The highest BCUT2D eigenvalue weighted by Crippen LogP contribution is 2.20. The van der Waals surface area contributed by atoms with Gasteiger partial charge in [-0.25, -0.2) is 0 Å². The van der Waals surface area contributed by atoms with Crippen LogP contribution >= 0.6 is 0 Å². The van der Waals surface area contributed by atoms with Crippen LogP contribution in [0.5, 0.6) is 0 Å². The first-order chi connectivity index (χ1) is 6.25. The summed E-state index contributed by atoms with van der Waals surface area (Å²) < 4.78 is 5.10. The number of hydrogen-bond acceptors (Lipinski definition) is 3. The van der Waals surface area contributed by atoms with Crippen LogP contribution < -0.4 is 5.73 Å². The lowest BCUT2D eigenvalue weighted by atomic mass is 10.1. The van der Waals surface area contributed by atoms with Gasteiger partial charge in [-0.2, -0.15) is 0 Å². The standard InChI is InChI=1S/C10H10N2O/c1-7-6-10(13-12-7)8-2-4-9(11)5-3-8/h2-6H,11H2,1H3. The predicted octanol–water partition coefficient (Wildman–Crippen LogP) is 2.23. The van der Waals surface area contributed by atoms with Gasteiger partial charge in [0.15, 0.2) is 5.76 Å². The molecule has 1 aromatic heterocycles. The van der Waals surface area contributed by atoms with Crippen molar-refractivity contribution in [1.29, 1.82) is 0 Å². The average Bonchev–Trinajstić information content (AvgIpc) is 2.53. The van der Waals surface area contributed by atoms with Crippen molar-refractivity contribution in [3.8, 4) is 11.3 Å². The molecule has 3 heteroatoms. The molecule has 13 heavy (non-hydrogen) atoms. The highest BCUT2D eigenvalue weighted by molar-refractivity contribution is 5.60. The zero-order valence-electron chi connectivity index (χ0n) is 7.32. The summed E-state index contributed by atoms with van der Waals surface area (Å²) >= 11 is 0. The maximum Gasteiger partial charge on any atom is 0.167 e. The van der Waals surface area contributed by atoms with Crippen LogP contribution in [0.25, 0.3) is 11.3 Å². The Morgan fingerprint density at radius 2 is 1.92 bits per heavy atom. The monoisotopic (exact) mass is 174 g/mol. The summed E-state index contributed by atoms with van der Waals surface area (Å²) in [7, 11) is 0. The van der Waals surface area contributed by atoms with E-state index in [1.165, 1.54) is 0 Å². The molecule has 66 valence electrons. The maximum absolute atomic E-state index is 5.56. The third-order valence-corrected chi connectivity index (χ3v) is 1.82. The normalized spacial score (nSPS) is 10.2. The Kier molecular flexibility index (Phi) is 1.77. The van der Waals surface area contributed by atoms with Crippen LogP contribution in [-0.2, 0) is 0 Å². The summed E-state index contributed by atoms with van der Waals surface area (Å²) in [6.45, 7) is 1.89. The van der Waals surface area contributed by atoms with Crippen LogP contribution in [0.1, 0.15) is 5.69 Å². The van der Waals surface area contributed by atoms with Crippen LogP contribution in [0, 0.1) is 6.92 Å². The second kappa shape index (κ2) is 2.94. The Labute approximate surface area is 76.2 Å². The van der Waals surface area contributed by atoms with Gasteiger partial charge in [0.2, 0.25) is 0 Å². The average molecular weight is 174 g/mol. The summed E-state index contributed by atoms with van der Waals surface area (Å²) in [4.78, 5) is 0. The molecule has 0 aliphatic heterocycles. The zero-order valence-corrected chi connectivity index (χ0v) is 7.32. The Balaban J connectivity index is 2.41. The Morgan fingerprint density at radius 1 is 1.23 bits per heavy atom. The van der Waals surface area contributed by atoms with Gasteiger partial charge in [-0.1, -0.05) is 5.16 Å². The minimum absolute atomic E-state index is 0.750. The smallest absolute Gasteiger partial charge is 0.167 e. The highest BCUT2D eigenvalue weighted by Gasteiger charge is 2.02. The fourth-order valence-electron chi connectivity index (χ4n) is 1.15. The lowest BCUT2D eigenvalue weighted by Crippen LogP contribution is -1.82. The number of aryl methyl sites for hydroxylation is 1. The molecule has 1 aromatic carbocycles. The first kappa shape index (κ1) is 7.86. The van der Waals surface area contributed by atoms with Gasteiger partial charge in [-0.3, -0.25) is 0 Å². The molecule has 0 aliphatic carbocycles. The van der Waals surface area contributed by atoms with E-state index in [0.717, 1.165) is 22.7 Å². The van der Waals surface area contributed by atoms with E-state index in [9.17, 15) is 0 Å². The topological polar surface area (TPSA) is 52.0 Å². The minimum Gasteiger partial charge on any atom is -0.399 e. The van der Waals surface area contributed by atoms with E-state index in [0.29, 0.717) is 0 Å². The largest absolute Gasteiger partial charge is 0.399 e. The van der Waals surface area contributed by atoms with Crippen LogP contribution in [-0.4, -0.2) is 5.16 Å². The number of nitrogen functional groups attached to an aromatic ring is 1. The molecule has 0 amide bonds. The van der Waals surface area contributed by atoms with E-state index in [4.69, 9.17) is 10.3 Å². The van der Waals surface area contributed by atoms with E-state index >= 15 is 0 Å². The Morgan fingerprint density at radius 3 is 2.46 bits per heavy atom. The third kappa shape index (κ3) is 1.54. The molecule has 0 saturated carbocycles. The van der Waals surface area contributed by atoms with Crippen molar-refractivity contribution >= 4 is 5.69 Å². The molecule has 2 rings (SSSR count). The third-order valence-electron chi connectivity index (χ3n) is 1.82. The number of nitrogens with zero attached hydrogens (tertiary/aromatic N) is 1. The van der Waals surface area contributed by atoms with Gasteiger partial charge in [0.05, 0.1) is 5.69 Å². The molecule has 0 atom stereocenters. The number of aromatic nitrogens is 1. The highest BCUT2D eigenvalue weighted by atomic mass is 16.5. The number of anilines is 1. The molecule has 1 heterocycles. The van der Waals surface area contributed by atoms with Crippen molar-refractivity contribution in [2.75, 3.05) is 5.73 Å². The predicted molar refractivity (Wildman–Crippen MR) is 51.1 cm³/mol. The van der Waals surface area contributed by atoms with Crippen LogP contribution in [0.4, 0.5) is 5.69 Å². The van der Waals surface area contributed by atoms with Crippen molar-refractivity contribution in [3.05, 3.63) is 36.0 Å². The van der Waals surface area contributed by atoms with Gasteiger partial charge in [-0.05, 0) is 31.2 Å². The molecule has 0 spiro atoms. The SMILES string of the molecule is Cc1cc(-c2ccc(N)cc2)on1. The van der Waals surface area contributed by atoms with Gasteiger partial charge >= 0.3 is 0 Å². The lowest BCUT2D eigenvalue weighted by Gasteiger charge is -1.95. The fourth-order valence-corrected chi connectivity index (χ4v) is 1.15. The van der Waals surface area contributed by atoms with Gasteiger partial charge < -0.3 is 10.3 Å². The van der Waals surface area contributed by atoms with Crippen molar-refractivity contribution in [3.63, 3.8) is 0 Å². The summed E-state index contributed by atoms with van der Waals surface area (Å²) in [5.74, 6) is 0.775. The Hall–Kier alpha value is -1.77. The van der Waals surface area contributed by atoms with Crippen molar-refractivity contribution in [1.82, 2.24) is 5.16 Å². The van der Waals surface area contributed by atoms with E-state index in [2.05, 4.69) is 5.16 Å². The minimum atomic E-state index is 0.750. The van der Waals surface area contributed by atoms with E-state index in [-0.39, 0.29) is 0 Å². The van der Waals surface area contributed by atoms with Crippen molar-refractivity contribution in [2.45, 2.75) is 6.92 Å².